The van der Waals surface area contributed by atoms with Crippen LogP contribution in [0.4, 0.5) is 11.4 Å². The molecule has 2 fully saturated rings. The highest BCUT2D eigenvalue weighted by Gasteiger charge is 2.36. The van der Waals surface area contributed by atoms with Gasteiger partial charge in [-0.25, -0.2) is 0 Å². The van der Waals surface area contributed by atoms with Gasteiger partial charge in [-0.15, -0.1) is 0 Å². The van der Waals surface area contributed by atoms with E-state index in [-0.39, 0.29) is 11.8 Å². The second-order valence-electron chi connectivity index (χ2n) is 8.94. The van der Waals surface area contributed by atoms with Gasteiger partial charge in [0, 0.05) is 31.9 Å². The number of benzene rings is 2. The summed E-state index contributed by atoms with van der Waals surface area (Å²) in [4.78, 5) is 42.0. The third kappa shape index (κ3) is 5.02. The van der Waals surface area contributed by atoms with Crippen LogP contribution in [0, 0.1) is 18.8 Å². The van der Waals surface area contributed by atoms with Crippen molar-refractivity contribution in [2.75, 3.05) is 36.4 Å². The molecule has 1 saturated heterocycles. The molecule has 7 heteroatoms. The topological polar surface area (TPSA) is 90.0 Å². The standard InChI is InChI=1S/C26H31N3O4/c1-18-8-2-7-13-23(18)28-14-16-29(17-15-28)25(31)21-11-5-6-12-22(21)27-24(30)19-9-3-4-10-20(19)26(32)33/h2,5-8,11-13,19-20H,3-4,9-10,14-17H2,1H3,(H,27,30)(H,32,33)/t19-,20+/m0/s1. The minimum Gasteiger partial charge on any atom is -0.481 e. The van der Waals surface area contributed by atoms with E-state index in [1.54, 1.807) is 24.3 Å². The summed E-state index contributed by atoms with van der Waals surface area (Å²) in [5.74, 6) is -2.60. The fourth-order valence-electron chi connectivity index (χ4n) is 4.98. The lowest BCUT2D eigenvalue weighted by Gasteiger charge is -2.37. The van der Waals surface area contributed by atoms with E-state index in [0.29, 0.717) is 37.2 Å². The lowest BCUT2D eigenvalue weighted by molar-refractivity contribution is -0.147. The molecule has 2 atom stereocenters. The Morgan fingerprint density at radius 2 is 1.52 bits per heavy atom. The number of nitrogens with zero attached hydrogens (tertiary/aromatic N) is 2. The average Bonchev–Trinajstić information content (AvgIpc) is 2.84. The second-order valence-corrected chi connectivity index (χ2v) is 8.94. The molecular weight excluding hydrogens is 418 g/mol. The van der Waals surface area contributed by atoms with Crippen LogP contribution in [0.15, 0.2) is 48.5 Å². The van der Waals surface area contributed by atoms with Gasteiger partial charge in [0.15, 0.2) is 0 Å². The molecule has 2 amide bonds. The van der Waals surface area contributed by atoms with Crippen LogP contribution >= 0.6 is 0 Å². The van der Waals surface area contributed by atoms with Crippen LogP contribution in [-0.2, 0) is 9.59 Å². The van der Waals surface area contributed by atoms with E-state index >= 15 is 0 Å². The molecule has 4 rings (SSSR count). The van der Waals surface area contributed by atoms with Crippen LogP contribution in [0.3, 0.4) is 0 Å². The van der Waals surface area contributed by atoms with Crippen LogP contribution in [0.1, 0.15) is 41.6 Å². The van der Waals surface area contributed by atoms with Gasteiger partial charge in [-0.3, -0.25) is 14.4 Å². The first-order valence-corrected chi connectivity index (χ1v) is 11.7. The second kappa shape index (κ2) is 10.1. The normalized spacial score (nSPS) is 20.9. The molecule has 7 nitrogen and oxygen atoms in total. The molecule has 174 valence electrons. The Hall–Kier alpha value is -3.35. The number of amides is 2. The number of para-hydroxylation sites is 2. The quantitative estimate of drug-likeness (QED) is 0.725. The van der Waals surface area contributed by atoms with Crippen molar-refractivity contribution in [1.29, 1.82) is 0 Å². The third-order valence-electron chi connectivity index (χ3n) is 6.86. The average molecular weight is 450 g/mol. The number of carbonyl (C=O) groups excluding carboxylic acids is 2. The lowest BCUT2D eigenvalue weighted by Crippen LogP contribution is -2.49. The number of carbonyl (C=O) groups is 3. The molecule has 0 unspecified atom stereocenters. The van der Waals surface area contributed by atoms with E-state index in [9.17, 15) is 19.5 Å². The van der Waals surface area contributed by atoms with Crippen molar-refractivity contribution in [3.8, 4) is 0 Å². The minimum atomic E-state index is -0.925. The molecule has 2 aromatic rings. The van der Waals surface area contributed by atoms with Crippen LogP contribution in [0.5, 0.6) is 0 Å². The number of hydrogen-bond donors (Lipinski definition) is 2. The van der Waals surface area contributed by atoms with Crippen LogP contribution in [-0.4, -0.2) is 54.0 Å². The Bertz CT molecular complexity index is 1030. The van der Waals surface area contributed by atoms with Crippen LogP contribution in [0.2, 0.25) is 0 Å². The highest BCUT2D eigenvalue weighted by atomic mass is 16.4. The van der Waals surface area contributed by atoms with E-state index in [4.69, 9.17) is 0 Å². The molecule has 2 N–H and O–H groups in total. The predicted molar refractivity (Wildman–Crippen MR) is 127 cm³/mol. The molecule has 0 spiro atoms. The largest absolute Gasteiger partial charge is 0.481 e. The maximum absolute atomic E-state index is 13.3. The number of carboxylic acid groups (broad SMARTS) is 1. The predicted octanol–water partition coefficient (Wildman–Crippen LogP) is 3.79. The summed E-state index contributed by atoms with van der Waals surface area (Å²) < 4.78 is 0. The smallest absolute Gasteiger partial charge is 0.307 e. The molecule has 0 aromatic heterocycles. The summed E-state index contributed by atoms with van der Waals surface area (Å²) in [5, 5.41) is 12.4. The number of aryl methyl sites for hydroxylation is 1. The van der Waals surface area contributed by atoms with Gasteiger partial charge < -0.3 is 20.2 Å². The van der Waals surface area contributed by atoms with Gasteiger partial charge in [0.25, 0.3) is 5.91 Å². The number of anilines is 2. The van der Waals surface area contributed by atoms with E-state index < -0.39 is 17.8 Å². The van der Waals surface area contributed by atoms with Crippen molar-refractivity contribution >= 4 is 29.2 Å². The van der Waals surface area contributed by atoms with Crippen molar-refractivity contribution in [3.05, 3.63) is 59.7 Å². The summed E-state index contributed by atoms with van der Waals surface area (Å²) in [7, 11) is 0. The zero-order valence-corrected chi connectivity index (χ0v) is 19.0. The van der Waals surface area contributed by atoms with E-state index in [2.05, 4.69) is 29.3 Å². The molecule has 1 saturated carbocycles. The van der Waals surface area contributed by atoms with Gasteiger partial charge >= 0.3 is 5.97 Å². The van der Waals surface area contributed by atoms with Gasteiger partial charge in [-0.2, -0.15) is 0 Å². The molecule has 2 aliphatic rings. The summed E-state index contributed by atoms with van der Waals surface area (Å²) in [5.41, 5.74) is 3.30. The summed E-state index contributed by atoms with van der Waals surface area (Å²) in [6, 6.07) is 15.2. The molecule has 0 bridgehead atoms. The van der Waals surface area contributed by atoms with Gasteiger partial charge in [0.05, 0.1) is 23.1 Å². The minimum absolute atomic E-state index is 0.117. The number of aliphatic carboxylic acids is 1. The molecule has 0 radical (unpaired) electrons. The first kappa shape index (κ1) is 22.8. The maximum Gasteiger partial charge on any atom is 0.307 e. The Morgan fingerprint density at radius 3 is 2.21 bits per heavy atom. The van der Waals surface area contributed by atoms with E-state index in [1.807, 2.05) is 17.0 Å². The Balaban J connectivity index is 1.44. The van der Waals surface area contributed by atoms with Crippen LogP contribution in [0.25, 0.3) is 0 Å². The van der Waals surface area contributed by atoms with Crippen molar-refractivity contribution in [3.63, 3.8) is 0 Å². The Labute approximate surface area is 194 Å². The third-order valence-corrected chi connectivity index (χ3v) is 6.86. The number of hydrogen-bond acceptors (Lipinski definition) is 4. The van der Waals surface area contributed by atoms with Gasteiger partial charge in [-0.05, 0) is 43.5 Å². The summed E-state index contributed by atoms with van der Waals surface area (Å²) in [6.45, 7) is 4.77. The monoisotopic (exact) mass is 449 g/mol. The number of nitrogens with one attached hydrogen (secondary N) is 1. The first-order valence-electron chi connectivity index (χ1n) is 11.7. The van der Waals surface area contributed by atoms with Crippen molar-refractivity contribution in [1.82, 2.24) is 4.90 Å². The zero-order valence-electron chi connectivity index (χ0n) is 19.0. The van der Waals surface area contributed by atoms with Crippen molar-refractivity contribution in [2.24, 2.45) is 11.8 Å². The zero-order chi connectivity index (χ0) is 23.4. The maximum atomic E-state index is 13.3. The lowest BCUT2D eigenvalue weighted by atomic mass is 9.78. The highest BCUT2D eigenvalue weighted by molar-refractivity contribution is 6.04. The SMILES string of the molecule is Cc1ccccc1N1CCN(C(=O)c2ccccc2NC(=O)[C@H]2CCCC[C@H]2C(=O)O)CC1. The molecule has 2 aromatic carbocycles. The van der Waals surface area contributed by atoms with Crippen molar-refractivity contribution < 1.29 is 19.5 Å². The molecular formula is C26H31N3O4. The summed E-state index contributed by atoms with van der Waals surface area (Å²) in [6.07, 6.45) is 2.73. The highest BCUT2D eigenvalue weighted by Crippen LogP contribution is 2.32. The summed E-state index contributed by atoms with van der Waals surface area (Å²) >= 11 is 0. The number of piperazine rings is 1. The van der Waals surface area contributed by atoms with E-state index in [0.717, 1.165) is 25.9 Å². The van der Waals surface area contributed by atoms with Gasteiger partial charge in [-0.1, -0.05) is 43.2 Å². The van der Waals surface area contributed by atoms with Crippen LogP contribution < -0.4 is 10.2 Å². The molecule has 1 aliphatic carbocycles. The van der Waals surface area contributed by atoms with E-state index in [1.165, 1.54) is 11.3 Å². The fourth-order valence-corrected chi connectivity index (χ4v) is 4.98. The number of carboxylic acids is 1. The first-order chi connectivity index (χ1) is 16.0. The molecule has 1 heterocycles. The Morgan fingerprint density at radius 1 is 0.879 bits per heavy atom. The van der Waals surface area contributed by atoms with Crippen molar-refractivity contribution in [2.45, 2.75) is 32.6 Å². The molecule has 1 aliphatic heterocycles. The fraction of sp³-hybridized carbons (Fsp3) is 0.423. The number of rotatable bonds is 5. The van der Waals surface area contributed by atoms with Gasteiger partial charge in [0.2, 0.25) is 5.91 Å². The molecule has 33 heavy (non-hydrogen) atoms. The van der Waals surface area contributed by atoms with Gasteiger partial charge in [0.1, 0.15) is 0 Å². The Kier molecular flexibility index (Phi) is 6.96.